The van der Waals surface area contributed by atoms with Crippen molar-refractivity contribution in [3.63, 3.8) is 0 Å². The number of ether oxygens (including phenoxy) is 3. The summed E-state index contributed by atoms with van der Waals surface area (Å²) < 4.78 is 17.5. The molecule has 0 spiro atoms. The van der Waals surface area contributed by atoms with Crippen LogP contribution in [0.2, 0.25) is 5.02 Å². The molecular weight excluding hydrogens is 542 g/mol. The number of nitrogens with one attached hydrogen (secondary N) is 1. The molecule has 0 saturated carbocycles. The van der Waals surface area contributed by atoms with Gasteiger partial charge in [-0.25, -0.2) is 0 Å². The van der Waals surface area contributed by atoms with Crippen LogP contribution in [0.1, 0.15) is 59.1 Å². The highest BCUT2D eigenvalue weighted by atomic mass is 35.5. The van der Waals surface area contributed by atoms with Gasteiger partial charge in [-0.1, -0.05) is 48.0 Å². The third-order valence-electron chi connectivity index (χ3n) is 7.13. The van der Waals surface area contributed by atoms with Crippen molar-refractivity contribution >= 4 is 17.5 Å². The Bertz CT molecular complexity index is 1540. The first-order chi connectivity index (χ1) is 19.8. The van der Waals surface area contributed by atoms with Gasteiger partial charge in [0.05, 0.1) is 19.3 Å². The fourth-order valence-electron chi connectivity index (χ4n) is 5.10. The molecule has 214 valence electrons. The van der Waals surface area contributed by atoms with Crippen LogP contribution in [0.15, 0.2) is 60.7 Å². The zero-order valence-electron chi connectivity index (χ0n) is 23.6. The topological polar surface area (TPSA) is 96.9 Å². The Balaban J connectivity index is 1.53. The fourth-order valence-corrected chi connectivity index (χ4v) is 5.26. The molecule has 0 fully saturated rings. The van der Waals surface area contributed by atoms with Crippen LogP contribution in [0.25, 0.3) is 11.3 Å². The number of H-pyrrole nitrogens is 1. The van der Waals surface area contributed by atoms with E-state index in [2.05, 4.69) is 10.2 Å². The summed E-state index contributed by atoms with van der Waals surface area (Å²) in [6.07, 6.45) is 0.760. The third-order valence-corrected chi connectivity index (χ3v) is 7.54. The molecule has 0 radical (unpaired) electrons. The summed E-state index contributed by atoms with van der Waals surface area (Å²) in [7, 11) is 1.59. The standard InChI is InChI=1S/C32H34ClN3O5/c1-19(2)40-14-8-13-36-31(22-11-12-26(27(16-22)39-4)41-18-21-9-6-5-7-10-21)28-29(34-35-30(28)32(36)38)23-17-24(33)20(3)15-25(23)37/h5-7,9-12,15-17,19,31,37H,8,13-14,18H2,1-4H3,(H,34,35). The highest BCUT2D eigenvalue weighted by Crippen LogP contribution is 2.46. The smallest absolute Gasteiger partial charge is 0.273 e. The summed E-state index contributed by atoms with van der Waals surface area (Å²) in [5, 5.41) is 18.7. The SMILES string of the molecule is COc1cc(C2c3c(-c4cc(Cl)c(C)cc4O)n[nH]c3C(=O)N2CCCOC(C)C)ccc1OCc1ccccc1. The predicted octanol–water partition coefficient (Wildman–Crippen LogP) is 6.69. The van der Waals surface area contributed by atoms with Crippen LogP contribution in [0, 0.1) is 6.92 Å². The quantitative estimate of drug-likeness (QED) is 0.193. The Morgan fingerprint density at radius 3 is 2.61 bits per heavy atom. The first-order valence-electron chi connectivity index (χ1n) is 13.6. The maximum atomic E-state index is 13.7. The van der Waals surface area contributed by atoms with E-state index in [-0.39, 0.29) is 17.8 Å². The average molecular weight is 576 g/mol. The molecule has 5 rings (SSSR count). The number of aromatic amines is 1. The van der Waals surface area contributed by atoms with Crippen LogP contribution < -0.4 is 9.47 Å². The highest BCUT2D eigenvalue weighted by molar-refractivity contribution is 6.31. The molecule has 0 saturated heterocycles. The number of phenols is 1. The average Bonchev–Trinajstić information content (AvgIpc) is 3.51. The minimum Gasteiger partial charge on any atom is -0.507 e. The molecule has 1 aliphatic heterocycles. The second kappa shape index (κ2) is 12.2. The summed E-state index contributed by atoms with van der Waals surface area (Å²) in [6, 6.07) is 18.4. The van der Waals surface area contributed by atoms with Crippen molar-refractivity contribution in [2.75, 3.05) is 20.3 Å². The summed E-state index contributed by atoms with van der Waals surface area (Å²) in [4.78, 5) is 15.5. The Morgan fingerprint density at radius 1 is 1.10 bits per heavy atom. The minimum atomic E-state index is -0.484. The number of nitrogens with zero attached hydrogens (tertiary/aromatic N) is 2. The summed E-state index contributed by atoms with van der Waals surface area (Å²) >= 11 is 6.43. The second-order valence-corrected chi connectivity index (χ2v) is 10.7. The lowest BCUT2D eigenvalue weighted by Crippen LogP contribution is -2.31. The van der Waals surface area contributed by atoms with Crippen LogP contribution >= 0.6 is 11.6 Å². The van der Waals surface area contributed by atoms with Gasteiger partial charge in [-0.2, -0.15) is 5.10 Å². The number of hydrogen-bond donors (Lipinski definition) is 2. The van der Waals surface area contributed by atoms with Crippen molar-refractivity contribution in [2.24, 2.45) is 0 Å². The Kier molecular flexibility index (Phi) is 8.52. The lowest BCUT2D eigenvalue weighted by molar-refractivity contribution is 0.0601. The van der Waals surface area contributed by atoms with Crippen LogP contribution in [0.5, 0.6) is 17.2 Å². The van der Waals surface area contributed by atoms with Crippen LogP contribution in [0.4, 0.5) is 0 Å². The number of rotatable bonds is 11. The molecule has 4 aromatic rings. The van der Waals surface area contributed by atoms with Gasteiger partial charge in [0.2, 0.25) is 0 Å². The summed E-state index contributed by atoms with van der Waals surface area (Å²) in [5.41, 5.74) is 4.60. The number of halogens is 1. The van der Waals surface area contributed by atoms with Crippen molar-refractivity contribution < 1.29 is 24.1 Å². The number of amides is 1. The zero-order valence-corrected chi connectivity index (χ0v) is 24.4. The van der Waals surface area contributed by atoms with Gasteiger partial charge >= 0.3 is 0 Å². The van der Waals surface area contributed by atoms with Crippen molar-refractivity contribution in [3.05, 3.63) is 93.6 Å². The normalized spacial score (nSPS) is 14.5. The third kappa shape index (κ3) is 5.89. The largest absolute Gasteiger partial charge is 0.507 e. The van der Waals surface area contributed by atoms with E-state index in [0.717, 1.165) is 16.7 Å². The van der Waals surface area contributed by atoms with E-state index >= 15 is 0 Å². The number of aryl methyl sites for hydroxylation is 1. The first-order valence-corrected chi connectivity index (χ1v) is 14.0. The van der Waals surface area contributed by atoms with Gasteiger partial charge in [-0.3, -0.25) is 9.89 Å². The number of phenolic OH excluding ortho intramolecular Hbond substituents is 1. The lowest BCUT2D eigenvalue weighted by atomic mass is 9.95. The number of aromatic nitrogens is 2. The molecule has 41 heavy (non-hydrogen) atoms. The van der Waals surface area contributed by atoms with Crippen molar-refractivity contribution in [2.45, 2.75) is 45.9 Å². The minimum absolute atomic E-state index is 0.0402. The number of aromatic hydroxyl groups is 1. The van der Waals surface area contributed by atoms with E-state index in [9.17, 15) is 9.90 Å². The van der Waals surface area contributed by atoms with E-state index in [4.69, 9.17) is 25.8 Å². The van der Waals surface area contributed by atoms with Crippen molar-refractivity contribution in [3.8, 4) is 28.5 Å². The molecule has 0 aliphatic carbocycles. The Labute approximate surface area is 244 Å². The summed E-state index contributed by atoms with van der Waals surface area (Å²) in [5.74, 6) is 1.01. The maximum Gasteiger partial charge on any atom is 0.273 e. The van der Waals surface area contributed by atoms with E-state index in [0.29, 0.717) is 65.2 Å². The van der Waals surface area contributed by atoms with Gasteiger partial charge < -0.3 is 24.2 Å². The molecule has 2 heterocycles. The Morgan fingerprint density at radius 2 is 1.88 bits per heavy atom. The van der Waals surface area contributed by atoms with Gasteiger partial charge in [0.25, 0.3) is 5.91 Å². The van der Waals surface area contributed by atoms with Gasteiger partial charge in [-0.05, 0) is 68.1 Å². The number of carbonyl (C=O) groups excluding carboxylic acids is 1. The van der Waals surface area contributed by atoms with E-state index in [1.807, 2.05) is 74.2 Å². The van der Waals surface area contributed by atoms with Gasteiger partial charge in [0.1, 0.15) is 23.7 Å². The zero-order chi connectivity index (χ0) is 29.1. The van der Waals surface area contributed by atoms with Crippen molar-refractivity contribution in [1.29, 1.82) is 0 Å². The molecule has 1 aliphatic rings. The number of methoxy groups -OCH3 is 1. The molecule has 1 amide bonds. The highest BCUT2D eigenvalue weighted by Gasteiger charge is 2.42. The van der Waals surface area contributed by atoms with E-state index < -0.39 is 6.04 Å². The number of hydrogen-bond acceptors (Lipinski definition) is 6. The maximum absolute atomic E-state index is 13.7. The molecule has 0 bridgehead atoms. The predicted molar refractivity (Wildman–Crippen MR) is 158 cm³/mol. The molecule has 2 N–H and O–H groups in total. The van der Waals surface area contributed by atoms with E-state index in [1.165, 1.54) is 0 Å². The number of carbonyl (C=O) groups is 1. The molecule has 1 atom stereocenters. The van der Waals surface area contributed by atoms with Gasteiger partial charge in [0, 0.05) is 29.3 Å². The van der Waals surface area contributed by atoms with Crippen molar-refractivity contribution in [1.82, 2.24) is 15.1 Å². The van der Waals surface area contributed by atoms with Gasteiger partial charge in [0.15, 0.2) is 11.5 Å². The molecular formula is C32H34ClN3O5. The molecule has 9 heteroatoms. The van der Waals surface area contributed by atoms with E-state index in [1.54, 1.807) is 19.2 Å². The molecule has 3 aromatic carbocycles. The first kappa shape index (κ1) is 28.5. The Hall–Kier alpha value is -4.01. The second-order valence-electron chi connectivity index (χ2n) is 10.3. The molecule has 1 unspecified atom stereocenters. The lowest BCUT2D eigenvalue weighted by Gasteiger charge is -2.27. The van der Waals surface area contributed by atoms with Crippen LogP contribution in [-0.2, 0) is 11.3 Å². The summed E-state index contributed by atoms with van der Waals surface area (Å²) in [6.45, 7) is 7.18. The number of benzene rings is 3. The molecule has 8 nitrogen and oxygen atoms in total. The fraction of sp³-hybridized carbons (Fsp3) is 0.312. The monoisotopic (exact) mass is 575 g/mol. The molecule has 1 aromatic heterocycles. The van der Waals surface area contributed by atoms with Crippen LogP contribution in [-0.4, -0.2) is 52.5 Å². The van der Waals surface area contributed by atoms with Gasteiger partial charge in [-0.15, -0.1) is 0 Å². The van der Waals surface area contributed by atoms with Crippen LogP contribution in [0.3, 0.4) is 0 Å². The number of fused-ring (bicyclic) bond motifs is 1.